The number of ether oxygens (including phenoxy) is 2. The zero-order valence-corrected chi connectivity index (χ0v) is 17.0. The van der Waals surface area contributed by atoms with Crippen molar-refractivity contribution in [2.75, 3.05) is 24.4 Å². The maximum Gasteiger partial charge on any atom is 0.310 e. The second kappa shape index (κ2) is 10.6. The maximum absolute atomic E-state index is 12.6. The molecule has 31 heavy (non-hydrogen) atoms. The van der Waals surface area contributed by atoms with Crippen LogP contribution < -0.4 is 15.4 Å². The Bertz CT molecular complexity index is 1050. The number of carbonyl (C=O) groups is 3. The van der Waals surface area contributed by atoms with Crippen molar-refractivity contribution in [1.29, 1.82) is 0 Å². The molecule has 2 N–H and O–H groups in total. The van der Waals surface area contributed by atoms with Gasteiger partial charge in [0.25, 0.3) is 11.8 Å². The van der Waals surface area contributed by atoms with Gasteiger partial charge in [0.1, 0.15) is 5.75 Å². The fraction of sp³-hybridized carbons (Fsp3) is 0.125. The molecule has 0 aromatic heterocycles. The molecule has 7 heteroatoms. The van der Waals surface area contributed by atoms with Crippen molar-refractivity contribution in [2.24, 2.45) is 0 Å². The summed E-state index contributed by atoms with van der Waals surface area (Å²) in [5.41, 5.74) is 2.01. The normalized spacial score (nSPS) is 10.1. The van der Waals surface area contributed by atoms with E-state index in [-0.39, 0.29) is 12.3 Å². The highest BCUT2D eigenvalue weighted by molar-refractivity contribution is 6.10. The Labute approximate surface area is 180 Å². The second-order valence-corrected chi connectivity index (χ2v) is 6.60. The lowest BCUT2D eigenvalue weighted by Gasteiger charge is -2.12. The van der Waals surface area contributed by atoms with Gasteiger partial charge in [0.15, 0.2) is 6.61 Å². The Morgan fingerprint density at radius 3 is 2.19 bits per heavy atom. The summed E-state index contributed by atoms with van der Waals surface area (Å²) in [6.07, 6.45) is 0.0351. The molecule has 158 valence electrons. The first-order valence-electron chi connectivity index (χ1n) is 9.59. The third kappa shape index (κ3) is 6.43. The molecule has 0 fully saturated rings. The van der Waals surface area contributed by atoms with E-state index in [9.17, 15) is 14.4 Å². The van der Waals surface area contributed by atoms with Crippen molar-refractivity contribution in [3.63, 3.8) is 0 Å². The molecule has 0 radical (unpaired) electrons. The Kier molecular flexibility index (Phi) is 7.37. The minimum Gasteiger partial charge on any atom is -0.497 e. The number of carbonyl (C=O) groups excluding carboxylic acids is 3. The maximum atomic E-state index is 12.6. The fourth-order valence-corrected chi connectivity index (χ4v) is 2.80. The van der Waals surface area contributed by atoms with E-state index in [2.05, 4.69) is 10.6 Å². The number of amides is 2. The third-order valence-corrected chi connectivity index (χ3v) is 4.35. The van der Waals surface area contributed by atoms with Crippen LogP contribution in [0.3, 0.4) is 0 Å². The molecule has 0 heterocycles. The monoisotopic (exact) mass is 418 g/mol. The summed E-state index contributed by atoms with van der Waals surface area (Å²) in [7, 11) is 1.56. The highest BCUT2D eigenvalue weighted by atomic mass is 16.5. The van der Waals surface area contributed by atoms with Gasteiger partial charge < -0.3 is 20.1 Å². The van der Waals surface area contributed by atoms with E-state index in [0.717, 1.165) is 5.56 Å². The first-order chi connectivity index (χ1) is 15.0. The lowest BCUT2D eigenvalue weighted by atomic mass is 10.1. The summed E-state index contributed by atoms with van der Waals surface area (Å²) >= 11 is 0. The third-order valence-electron chi connectivity index (χ3n) is 4.35. The average molecular weight is 418 g/mol. The molecule has 3 aromatic carbocycles. The van der Waals surface area contributed by atoms with Crippen molar-refractivity contribution in [2.45, 2.75) is 6.42 Å². The van der Waals surface area contributed by atoms with Gasteiger partial charge in [0.05, 0.1) is 24.8 Å². The number of esters is 1. The smallest absolute Gasteiger partial charge is 0.310 e. The molecule has 0 spiro atoms. The fourth-order valence-electron chi connectivity index (χ4n) is 2.80. The van der Waals surface area contributed by atoms with Gasteiger partial charge in [-0.3, -0.25) is 14.4 Å². The van der Waals surface area contributed by atoms with Crippen molar-refractivity contribution < 1.29 is 23.9 Å². The Morgan fingerprint density at radius 2 is 1.48 bits per heavy atom. The van der Waals surface area contributed by atoms with Gasteiger partial charge in [0, 0.05) is 5.69 Å². The lowest BCUT2D eigenvalue weighted by Crippen LogP contribution is -2.23. The number of anilines is 2. The highest BCUT2D eigenvalue weighted by Crippen LogP contribution is 2.17. The largest absolute Gasteiger partial charge is 0.497 e. The van der Waals surface area contributed by atoms with Crippen LogP contribution in [-0.4, -0.2) is 31.5 Å². The topological polar surface area (TPSA) is 93.7 Å². The molecular formula is C24H22N2O5. The zero-order chi connectivity index (χ0) is 22.1. The molecular weight excluding hydrogens is 396 g/mol. The molecule has 0 atom stereocenters. The van der Waals surface area contributed by atoms with E-state index in [1.54, 1.807) is 67.8 Å². The first-order valence-corrected chi connectivity index (χ1v) is 9.59. The van der Waals surface area contributed by atoms with E-state index in [4.69, 9.17) is 9.47 Å². The van der Waals surface area contributed by atoms with Crippen molar-refractivity contribution in [1.82, 2.24) is 0 Å². The molecule has 0 aliphatic carbocycles. The lowest BCUT2D eigenvalue weighted by molar-refractivity contribution is -0.146. The summed E-state index contributed by atoms with van der Waals surface area (Å²) in [6.45, 7) is -0.455. The summed E-state index contributed by atoms with van der Waals surface area (Å²) in [5, 5.41) is 5.39. The molecule has 0 unspecified atom stereocenters. The van der Waals surface area contributed by atoms with Crippen LogP contribution in [0.15, 0.2) is 78.9 Å². The van der Waals surface area contributed by atoms with Gasteiger partial charge in [-0.2, -0.15) is 0 Å². The molecule has 2 amide bonds. The molecule has 0 aliphatic heterocycles. The van der Waals surface area contributed by atoms with Gasteiger partial charge in [-0.25, -0.2) is 0 Å². The Hall–Kier alpha value is -4.13. The van der Waals surface area contributed by atoms with Gasteiger partial charge in [-0.15, -0.1) is 0 Å². The minimum atomic E-state index is -0.539. The van der Waals surface area contributed by atoms with Crippen LogP contribution in [0.5, 0.6) is 5.75 Å². The molecule has 3 aromatic rings. The summed E-state index contributed by atoms with van der Waals surface area (Å²) in [4.78, 5) is 36.8. The van der Waals surface area contributed by atoms with Gasteiger partial charge in [0.2, 0.25) is 0 Å². The number of nitrogens with one attached hydrogen (secondary N) is 2. The number of methoxy groups -OCH3 is 1. The molecule has 7 nitrogen and oxygen atoms in total. The minimum absolute atomic E-state index is 0.0351. The number of benzene rings is 3. The van der Waals surface area contributed by atoms with E-state index in [0.29, 0.717) is 22.7 Å². The summed E-state index contributed by atoms with van der Waals surface area (Å²) < 4.78 is 10.1. The molecule has 3 rings (SSSR count). The Morgan fingerprint density at radius 1 is 0.806 bits per heavy atom. The van der Waals surface area contributed by atoms with Gasteiger partial charge in [-0.05, 0) is 42.0 Å². The van der Waals surface area contributed by atoms with Crippen molar-refractivity contribution in [3.05, 3.63) is 90.0 Å². The zero-order valence-electron chi connectivity index (χ0n) is 17.0. The van der Waals surface area contributed by atoms with Crippen LogP contribution in [-0.2, 0) is 20.7 Å². The van der Waals surface area contributed by atoms with E-state index in [1.807, 2.05) is 18.2 Å². The van der Waals surface area contributed by atoms with Gasteiger partial charge in [-0.1, -0.05) is 42.5 Å². The first kappa shape index (κ1) is 21.6. The van der Waals surface area contributed by atoms with Gasteiger partial charge >= 0.3 is 5.97 Å². The quantitative estimate of drug-likeness (QED) is 0.545. The predicted octanol–water partition coefficient (Wildman–Crippen LogP) is 3.67. The van der Waals surface area contributed by atoms with Crippen LogP contribution in [0.25, 0.3) is 0 Å². The van der Waals surface area contributed by atoms with E-state index >= 15 is 0 Å². The predicted molar refractivity (Wildman–Crippen MR) is 117 cm³/mol. The molecule has 0 aliphatic rings. The van der Waals surface area contributed by atoms with E-state index in [1.165, 1.54) is 0 Å². The van der Waals surface area contributed by atoms with E-state index < -0.39 is 18.5 Å². The standard InChI is InChI=1S/C24H22N2O5/c1-30-19-13-11-17(12-14-19)15-23(28)31-16-22(27)26-21-10-6-5-9-20(21)24(29)25-18-7-3-2-4-8-18/h2-14H,15-16H2,1H3,(H,25,29)(H,26,27). The van der Waals surface area contributed by atoms with Crippen LogP contribution in [0.2, 0.25) is 0 Å². The number of hydrogen-bond donors (Lipinski definition) is 2. The summed E-state index contributed by atoms with van der Waals surface area (Å²) in [5.74, 6) is -0.747. The highest BCUT2D eigenvalue weighted by Gasteiger charge is 2.15. The number of para-hydroxylation sites is 2. The number of hydrogen-bond acceptors (Lipinski definition) is 5. The second-order valence-electron chi connectivity index (χ2n) is 6.60. The number of rotatable bonds is 8. The molecule has 0 saturated heterocycles. The van der Waals surface area contributed by atoms with Crippen LogP contribution in [0, 0.1) is 0 Å². The average Bonchev–Trinajstić information content (AvgIpc) is 2.79. The summed E-state index contributed by atoms with van der Waals surface area (Å²) in [6, 6.07) is 22.6. The molecule has 0 bridgehead atoms. The van der Waals surface area contributed by atoms with Crippen molar-refractivity contribution in [3.8, 4) is 5.75 Å². The van der Waals surface area contributed by atoms with Crippen LogP contribution in [0.1, 0.15) is 15.9 Å². The molecule has 0 saturated carbocycles. The van der Waals surface area contributed by atoms with Crippen LogP contribution in [0.4, 0.5) is 11.4 Å². The van der Waals surface area contributed by atoms with Crippen molar-refractivity contribution >= 4 is 29.2 Å². The Balaban J connectivity index is 1.54. The van der Waals surface area contributed by atoms with Crippen LogP contribution >= 0.6 is 0 Å². The SMILES string of the molecule is COc1ccc(CC(=O)OCC(=O)Nc2ccccc2C(=O)Nc2ccccc2)cc1.